The van der Waals surface area contributed by atoms with Gasteiger partial charge in [-0.25, -0.2) is 4.79 Å². The van der Waals surface area contributed by atoms with Crippen LogP contribution in [0.1, 0.15) is 15.9 Å². The van der Waals surface area contributed by atoms with Crippen LogP contribution >= 0.6 is 11.6 Å². The number of aliphatic carboxylic acids is 1. The monoisotopic (exact) mass is 319 g/mol. The molecule has 22 heavy (non-hydrogen) atoms. The van der Waals surface area contributed by atoms with E-state index in [-0.39, 0.29) is 12.5 Å². The fraction of sp³-hybridized carbons (Fsp3) is 0.125. The zero-order chi connectivity index (χ0) is 15.9. The molecule has 0 spiro atoms. The summed E-state index contributed by atoms with van der Waals surface area (Å²) in [5, 5.41) is 11.9. The Balaban J connectivity index is 1.87. The molecule has 0 aromatic heterocycles. The first-order valence-corrected chi connectivity index (χ1v) is 6.89. The number of benzene rings is 2. The molecular weight excluding hydrogens is 306 g/mol. The minimum atomic E-state index is -1.03. The maximum Gasteiger partial charge on any atom is 0.341 e. The maximum absolute atomic E-state index is 11.9. The number of nitrogens with one attached hydrogen (secondary N) is 1. The molecule has 2 aromatic rings. The summed E-state index contributed by atoms with van der Waals surface area (Å²) in [5.41, 5.74) is 1.41. The summed E-state index contributed by atoms with van der Waals surface area (Å²) in [6, 6.07) is 13.5. The highest BCUT2D eigenvalue weighted by atomic mass is 35.5. The van der Waals surface area contributed by atoms with Gasteiger partial charge in [-0.2, -0.15) is 0 Å². The molecule has 0 unspecified atom stereocenters. The molecule has 0 bridgehead atoms. The van der Waals surface area contributed by atoms with Gasteiger partial charge in [0.25, 0.3) is 5.91 Å². The number of rotatable bonds is 6. The fourth-order valence-electron chi connectivity index (χ4n) is 1.73. The Labute approximate surface area is 132 Å². The lowest BCUT2D eigenvalue weighted by Gasteiger charge is -2.07. The van der Waals surface area contributed by atoms with Crippen LogP contribution in [0.4, 0.5) is 0 Å². The van der Waals surface area contributed by atoms with E-state index < -0.39 is 5.97 Å². The lowest BCUT2D eigenvalue weighted by atomic mass is 10.2. The molecule has 0 radical (unpaired) electrons. The number of carbonyl (C=O) groups is 2. The zero-order valence-corrected chi connectivity index (χ0v) is 12.3. The van der Waals surface area contributed by atoms with Crippen molar-refractivity contribution in [3.63, 3.8) is 0 Å². The number of carbonyl (C=O) groups excluding carboxylic acids is 1. The van der Waals surface area contributed by atoms with E-state index in [1.165, 1.54) is 0 Å². The van der Waals surface area contributed by atoms with E-state index >= 15 is 0 Å². The van der Waals surface area contributed by atoms with Gasteiger partial charge in [-0.1, -0.05) is 23.7 Å². The van der Waals surface area contributed by atoms with E-state index in [0.29, 0.717) is 22.9 Å². The first-order chi connectivity index (χ1) is 10.5. The summed E-state index contributed by atoms with van der Waals surface area (Å²) in [5.74, 6) is -0.752. The van der Waals surface area contributed by atoms with Gasteiger partial charge in [-0.05, 0) is 42.0 Å². The lowest BCUT2D eigenvalue weighted by Crippen LogP contribution is -2.22. The number of carboxylic acid groups (broad SMARTS) is 1. The summed E-state index contributed by atoms with van der Waals surface area (Å²) < 4.78 is 5.03. The van der Waals surface area contributed by atoms with E-state index in [2.05, 4.69) is 5.32 Å². The van der Waals surface area contributed by atoms with Crippen molar-refractivity contribution in [3.05, 3.63) is 64.7 Å². The predicted octanol–water partition coefficient (Wildman–Crippen LogP) is 2.73. The molecule has 1 amide bonds. The molecule has 114 valence electrons. The zero-order valence-electron chi connectivity index (χ0n) is 11.6. The summed E-state index contributed by atoms with van der Waals surface area (Å²) >= 11 is 5.77. The standard InChI is InChI=1S/C16H14ClNO4/c17-13-5-3-12(4-6-13)16(21)18-9-11-1-7-14(8-2-11)22-10-15(19)20/h1-8H,9-10H2,(H,18,21)(H,19,20). The molecule has 2 aromatic carbocycles. The highest BCUT2D eigenvalue weighted by Crippen LogP contribution is 2.13. The Kier molecular flexibility index (Phi) is 5.38. The van der Waals surface area contributed by atoms with Crippen molar-refractivity contribution in [1.82, 2.24) is 5.32 Å². The van der Waals surface area contributed by atoms with Gasteiger partial charge < -0.3 is 15.2 Å². The van der Waals surface area contributed by atoms with Crippen LogP contribution in [0, 0.1) is 0 Å². The SMILES string of the molecule is O=C(O)COc1ccc(CNC(=O)c2ccc(Cl)cc2)cc1. The molecule has 0 aliphatic heterocycles. The number of ether oxygens (including phenoxy) is 1. The van der Waals surface area contributed by atoms with Crippen LogP contribution in [0.15, 0.2) is 48.5 Å². The average molecular weight is 320 g/mol. The molecule has 2 N–H and O–H groups in total. The van der Waals surface area contributed by atoms with Crippen molar-refractivity contribution in [2.45, 2.75) is 6.54 Å². The van der Waals surface area contributed by atoms with Gasteiger partial charge in [0.2, 0.25) is 0 Å². The van der Waals surface area contributed by atoms with Crippen molar-refractivity contribution in [1.29, 1.82) is 0 Å². The highest BCUT2D eigenvalue weighted by molar-refractivity contribution is 6.30. The smallest absolute Gasteiger partial charge is 0.341 e. The van der Waals surface area contributed by atoms with E-state index in [4.69, 9.17) is 21.4 Å². The second-order valence-electron chi connectivity index (χ2n) is 4.52. The maximum atomic E-state index is 11.9. The molecular formula is C16H14ClNO4. The summed E-state index contributed by atoms with van der Waals surface area (Å²) in [7, 11) is 0. The van der Waals surface area contributed by atoms with Gasteiger partial charge >= 0.3 is 5.97 Å². The molecule has 0 fully saturated rings. The summed E-state index contributed by atoms with van der Waals surface area (Å²) in [6.45, 7) is -0.0205. The van der Waals surface area contributed by atoms with Crippen molar-refractivity contribution in [3.8, 4) is 5.75 Å². The third-order valence-corrected chi connectivity index (χ3v) is 3.10. The number of hydrogen-bond acceptors (Lipinski definition) is 3. The second-order valence-corrected chi connectivity index (χ2v) is 4.95. The fourth-order valence-corrected chi connectivity index (χ4v) is 1.86. The van der Waals surface area contributed by atoms with Crippen molar-refractivity contribution < 1.29 is 19.4 Å². The topological polar surface area (TPSA) is 75.6 Å². The summed E-state index contributed by atoms with van der Waals surface area (Å²) in [4.78, 5) is 22.3. The van der Waals surface area contributed by atoms with Gasteiger partial charge in [0.05, 0.1) is 0 Å². The van der Waals surface area contributed by atoms with Crippen molar-refractivity contribution in [2.24, 2.45) is 0 Å². The van der Waals surface area contributed by atoms with Crippen LogP contribution in [-0.2, 0) is 11.3 Å². The molecule has 0 aliphatic carbocycles. The van der Waals surface area contributed by atoms with Gasteiger partial charge in [-0.15, -0.1) is 0 Å². The van der Waals surface area contributed by atoms with Gasteiger partial charge in [0.1, 0.15) is 5.75 Å². The van der Waals surface area contributed by atoms with Crippen LogP contribution in [0.3, 0.4) is 0 Å². The van der Waals surface area contributed by atoms with Crippen LogP contribution in [0.2, 0.25) is 5.02 Å². The van der Waals surface area contributed by atoms with E-state index in [1.54, 1.807) is 48.5 Å². The third-order valence-electron chi connectivity index (χ3n) is 2.85. The minimum absolute atomic E-state index is 0.192. The number of carboxylic acids is 1. The normalized spacial score (nSPS) is 10.0. The Morgan fingerprint density at radius 2 is 1.68 bits per heavy atom. The third kappa shape index (κ3) is 4.79. The van der Waals surface area contributed by atoms with Gasteiger partial charge in [0, 0.05) is 17.1 Å². The lowest BCUT2D eigenvalue weighted by molar-refractivity contribution is -0.139. The quantitative estimate of drug-likeness (QED) is 0.858. The van der Waals surface area contributed by atoms with E-state index in [0.717, 1.165) is 5.56 Å². The first kappa shape index (κ1) is 15.9. The Morgan fingerprint density at radius 3 is 2.27 bits per heavy atom. The van der Waals surface area contributed by atoms with Crippen LogP contribution < -0.4 is 10.1 Å². The first-order valence-electron chi connectivity index (χ1n) is 6.52. The molecule has 2 rings (SSSR count). The molecule has 0 saturated heterocycles. The Bertz CT molecular complexity index is 653. The average Bonchev–Trinajstić information content (AvgIpc) is 2.52. The Hall–Kier alpha value is -2.53. The highest BCUT2D eigenvalue weighted by Gasteiger charge is 2.05. The minimum Gasteiger partial charge on any atom is -0.482 e. The van der Waals surface area contributed by atoms with Gasteiger partial charge in [-0.3, -0.25) is 4.79 Å². The number of halogens is 1. The molecule has 0 aliphatic rings. The predicted molar refractivity (Wildman–Crippen MR) is 82.2 cm³/mol. The van der Waals surface area contributed by atoms with E-state index in [9.17, 15) is 9.59 Å². The molecule has 0 atom stereocenters. The number of hydrogen-bond donors (Lipinski definition) is 2. The second kappa shape index (κ2) is 7.47. The number of amides is 1. The molecule has 6 heteroatoms. The van der Waals surface area contributed by atoms with Gasteiger partial charge in [0.15, 0.2) is 6.61 Å². The summed E-state index contributed by atoms with van der Waals surface area (Å²) in [6.07, 6.45) is 0. The molecule has 0 heterocycles. The van der Waals surface area contributed by atoms with Crippen molar-refractivity contribution >= 4 is 23.5 Å². The van der Waals surface area contributed by atoms with Crippen molar-refractivity contribution in [2.75, 3.05) is 6.61 Å². The van der Waals surface area contributed by atoms with Crippen LogP contribution in [0.25, 0.3) is 0 Å². The molecule has 5 nitrogen and oxygen atoms in total. The van der Waals surface area contributed by atoms with E-state index in [1.807, 2.05) is 0 Å². The van der Waals surface area contributed by atoms with Crippen LogP contribution in [-0.4, -0.2) is 23.6 Å². The Morgan fingerprint density at radius 1 is 1.05 bits per heavy atom. The largest absolute Gasteiger partial charge is 0.482 e. The van der Waals surface area contributed by atoms with Crippen LogP contribution in [0.5, 0.6) is 5.75 Å². The molecule has 0 saturated carbocycles.